The Bertz CT molecular complexity index is 384. The monoisotopic (exact) mass is 235 g/mol. The zero-order chi connectivity index (χ0) is 11.0. The molecule has 0 radical (unpaired) electrons. The lowest BCUT2D eigenvalue weighted by atomic mass is 10.1. The van der Waals surface area contributed by atoms with Crippen LogP contribution in [0.2, 0.25) is 5.02 Å². The number of hydrogen-bond acceptors (Lipinski definition) is 1. The summed E-state index contributed by atoms with van der Waals surface area (Å²) in [5.41, 5.74) is 2.91. The minimum atomic E-state index is 0.549. The van der Waals surface area contributed by atoms with Crippen LogP contribution in [-0.2, 0) is 6.42 Å². The van der Waals surface area contributed by atoms with Crippen molar-refractivity contribution in [2.45, 2.75) is 38.1 Å². The Hall–Kier alpha value is -0.530. The summed E-state index contributed by atoms with van der Waals surface area (Å²) in [5.74, 6) is 1.02. The number of aryl methyl sites for hydroxylation is 1. The van der Waals surface area contributed by atoms with Crippen LogP contribution in [0.3, 0.4) is 0 Å². The summed E-state index contributed by atoms with van der Waals surface area (Å²) in [6, 6.07) is 6.87. The van der Waals surface area contributed by atoms with E-state index in [1.807, 2.05) is 6.07 Å². The van der Waals surface area contributed by atoms with E-state index in [1.165, 1.54) is 49.8 Å². The lowest BCUT2D eigenvalue weighted by molar-refractivity contribution is 0.507. The minimum absolute atomic E-state index is 0.549. The van der Waals surface area contributed by atoms with Gasteiger partial charge in [0.2, 0.25) is 0 Å². The molecule has 1 N–H and O–H groups in total. The molecular weight excluding hydrogens is 218 g/mol. The molecule has 2 aliphatic rings. The third kappa shape index (κ3) is 2.26. The minimum Gasteiger partial charge on any atom is -0.310 e. The highest BCUT2D eigenvalue weighted by Crippen LogP contribution is 2.34. The third-order valence-electron chi connectivity index (χ3n) is 3.83. The van der Waals surface area contributed by atoms with Crippen molar-refractivity contribution in [3.05, 3.63) is 34.3 Å². The molecule has 0 spiro atoms. The predicted octanol–water partition coefficient (Wildman–Crippen LogP) is 3.72. The summed E-state index contributed by atoms with van der Waals surface area (Å²) in [6.45, 7) is 1.17. The zero-order valence-corrected chi connectivity index (χ0v) is 10.3. The number of hydrogen-bond donors (Lipinski definition) is 1. The molecular formula is C14H18ClN. The maximum absolute atomic E-state index is 6.06. The Morgan fingerprint density at radius 1 is 1.25 bits per heavy atom. The van der Waals surface area contributed by atoms with Crippen LogP contribution in [0.4, 0.5) is 0 Å². The summed E-state index contributed by atoms with van der Waals surface area (Å²) < 4.78 is 0. The Labute approximate surface area is 102 Å². The van der Waals surface area contributed by atoms with Gasteiger partial charge in [0.15, 0.2) is 0 Å². The second-order valence-corrected chi connectivity index (χ2v) is 5.56. The fourth-order valence-electron chi connectivity index (χ4n) is 2.65. The number of nitrogens with one attached hydrogen (secondary N) is 1. The molecule has 1 atom stereocenters. The van der Waals surface area contributed by atoms with Crippen molar-refractivity contribution in [1.29, 1.82) is 0 Å². The maximum atomic E-state index is 6.06. The molecule has 16 heavy (non-hydrogen) atoms. The molecule has 1 fully saturated rings. The maximum Gasteiger partial charge on any atom is 0.0409 e. The van der Waals surface area contributed by atoms with E-state index in [-0.39, 0.29) is 0 Å². The molecule has 86 valence electrons. The van der Waals surface area contributed by atoms with Gasteiger partial charge in [0.05, 0.1) is 0 Å². The van der Waals surface area contributed by atoms with Crippen LogP contribution < -0.4 is 5.32 Å². The Morgan fingerprint density at radius 2 is 2.12 bits per heavy atom. The second kappa shape index (κ2) is 4.38. The van der Waals surface area contributed by atoms with Crippen molar-refractivity contribution in [2.24, 2.45) is 5.92 Å². The molecule has 3 rings (SSSR count). The fraction of sp³-hybridized carbons (Fsp3) is 0.571. The standard InChI is InChI=1S/C14H18ClN/c15-12-5-3-11-4-6-14(13(11)9-12)16-8-7-10-1-2-10/h3,5,9-10,14,16H,1-2,4,6-8H2. The van der Waals surface area contributed by atoms with E-state index in [1.54, 1.807) is 0 Å². The van der Waals surface area contributed by atoms with E-state index in [0.29, 0.717) is 6.04 Å². The first-order valence-electron chi connectivity index (χ1n) is 6.34. The second-order valence-electron chi connectivity index (χ2n) is 5.12. The fourth-order valence-corrected chi connectivity index (χ4v) is 2.83. The van der Waals surface area contributed by atoms with Gasteiger partial charge < -0.3 is 5.32 Å². The predicted molar refractivity (Wildman–Crippen MR) is 67.9 cm³/mol. The van der Waals surface area contributed by atoms with Gasteiger partial charge in [-0.1, -0.05) is 30.5 Å². The molecule has 0 aliphatic heterocycles. The average Bonchev–Trinajstić information content (AvgIpc) is 3.01. The summed E-state index contributed by atoms with van der Waals surface area (Å²) in [7, 11) is 0. The van der Waals surface area contributed by atoms with Gasteiger partial charge in [-0.15, -0.1) is 0 Å². The number of benzene rings is 1. The van der Waals surface area contributed by atoms with Gasteiger partial charge in [-0.05, 0) is 55.0 Å². The van der Waals surface area contributed by atoms with E-state index in [0.717, 1.165) is 10.9 Å². The lowest BCUT2D eigenvalue weighted by Crippen LogP contribution is -2.20. The molecule has 1 unspecified atom stereocenters. The van der Waals surface area contributed by atoms with Crippen molar-refractivity contribution in [3.8, 4) is 0 Å². The highest BCUT2D eigenvalue weighted by molar-refractivity contribution is 6.30. The highest BCUT2D eigenvalue weighted by atomic mass is 35.5. The van der Waals surface area contributed by atoms with E-state index in [2.05, 4.69) is 17.4 Å². The van der Waals surface area contributed by atoms with Crippen molar-refractivity contribution >= 4 is 11.6 Å². The summed E-state index contributed by atoms with van der Waals surface area (Å²) >= 11 is 6.06. The van der Waals surface area contributed by atoms with Crippen LogP contribution in [0.5, 0.6) is 0 Å². The van der Waals surface area contributed by atoms with Gasteiger partial charge in [0, 0.05) is 11.1 Å². The van der Waals surface area contributed by atoms with Gasteiger partial charge in [0.1, 0.15) is 0 Å². The van der Waals surface area contributed by atoms with Crippen molar-refractivity contribution < 1.29 is 0 Å². The quantitative estimate of drug-likeness (QED) is 0.839. The average molecular weight is 236 g/mol. The normalized spacial score (nSPS) is 23.4. The smallest absolute Gasteiger partial charge is 0.0409 e. The van der Waals surface area contributed by atoms with Crippen LogP contribution >= 0.6 is 11.6 Å². The zero-order valence-electron chi connectivity index (χ0n) is 9.51. The molecule has 2 aliphatic carbocycles. The first kappa shape index (κ1) is 10.6. The first-order valence-corrected chi connectivity index (χ1v) is 6.72. The van der Waals surface area contributed by atoms with Crippen molar-refractivity contribution in [2.75, 3.05) is 6.54 Å². The molecule has 1 saturated carbocycles. The molecule has 0 bridgehead atoms. The topological polar surface area (TPSA) is 12.0 Å². The van der Waals surface area contributed by atoms with Gasteiger partial charge in [-0.2, -0.15) is 0 Å². The van der Waals surface area contributed by atoms with Gasteiger partial charge >= 0.3 is 0 Å². The molecule has 2 heteroatoms. The Kier molecular flexibility index (Phi) is 2.91. The van der Waals surface area contributed by atoms with Crippen LogP contribution in [-0.4, -0.2) is 6.54 Å². The van der Waals surface area contributed by atoms with Gasteiger partial charge in [-0.3, -0.25) is 0 Å². The van der Waals surface area contributed by atoms with E-state index in [9.17, 15) is 0 Å². The van der Waals surface area contributed by atoms with Crippen molar-refractivity contribution in [1.82, 2.24) is 5.32 Å². The summed E-state index contributed by atoms with van der Waals surface area (Å²) in [6.07, 6.45) is 6.70. The number of rotatable bonds is 4. The van der Waals surface area contributed by atoms with Gasteiger partial charge in [0.25, 0.3) is 0 Å². The Balaban J connectivity index is 1.62. The Morgan fingerprint density at radius 3 is 2.94 bits per heavy atom. The lowest BCUT2D eigenvalue weighted by Gasteiger charge is -2.14. The molecule has 1 aromatic carbocycles. The molecule has 1 nitrogen and oxygen atoms in total. The van der Waals surface area contributed by atoms with E-state index in [4.69, 9.17) is 11.6 Å². The SMILES string of the molecule is Clc1ccc2c(c1)C(NCCC1CC1)CC2. The highest BCUT2D eigenvalue weighted by Gasteiger charge is 2.24. The number of halogens is 1. The van der Waals surface area contributed by atoms with Crippen LogP contribution in [0.1, 0.15) is 42.9 Å². The molecule has 0 aromatic heterocycles. The molecule has 1 aromatic rings. The molecule has 0 saturated heterocycles. The van der Waals surface area contributed by atoms with Crippen LogP contribution in [0.15, 0.2) is 18.2 Å². The van der Waals surface area contributed by atoms with Crippen LogP contribution in [0.25, 0.3) is 0 Å². The summed E-state index contributed by atoms with van der Waals surface area (Å²) in [4.78, 5) is 0. The van der Waals surface area contributed by atoms with Crippen LogP contribution in [0, 0.1) is 5.92 Å². The molecule has 0 amide bonds. The number of fused-ring (bicyclic) bond motifs is 1. The first-order chi connectivity index (χ1) is 7.83. The third-order valence-corrected chi connectivity index (χ3v) is 4.06. The van der Waals surface area contributed by atoms with Gasteiger partial charge in [-0.25, -0.2) is 0 Å². The summed E-state index contributed by atoms with van der Waals surface area (Å²) in [5, 5.41) is 4.55. The molecule has 0 heterocycles. The van der Waals surface area contributed by atoms with Crippen molar-refractivity contribution in [3.63, 3.8) is 0 Å². The van der Waals surface area contributed by atoms with E-state index < -0.39 is 0 Å². The largest absolute Gasteiger partial charge is 0.310 e. The van der Waals surface area contributed by atoms with E-state index >= 15 is 0 Å².